The Balaban J connectivity index is 2.72. The molecular weight excluding hydrogens is 255 g/mol. The lowest BCUT2D eigenvalue weighted by molar-refractivity contribution is -0.0859. The number of unbranched alkanes of at least 4 members (excludes halogenated alkanes) is 1. The summed E-state index contributed by atoms with van der Waals surface area (Å²) in [5.41, 5.74) is -1.67. The van der Waals surface area contributed by atoms with Crippen molar-refractivity contribution in [2.75, 3.05) is 0 Å². The molecule has 0 aromatic heterocycles. The lowest BCUT2D eigenvalue weighted by Crippen LogP contribution is -2.25. The molecule has 0 aliphatic carbocycles. The van der Waals surface area contributed by atoms with Crippen LogP contribution in [0.15, 0.2) is 24.3 Å². The van der Waals surface area contributed by atoms with Crippen LogP contribution in [-0.4, -0.2) is 20.6 Å². The van der Waals surface area contributed by atoms with E-state index in [0.29, 0.717) is 0 Å². The minimum atomic E-state index is -4.52. The summed E-state index contributed by atoms with van der Waals surface area (Å²) >= 11 is 0. The smallest absolute Gasteiger partial charge is 0.421 e. The van der Waals surface area contributed by atoms with Gasteiger partial charge in [0.25, 0.3) is 5.53 Å². The number of benzene rings is 1. The monoisotopic (exact) mass is 274 g/mol. The van der Waals surface area contributed by atoms with E-state index in [-0.39, 0.29) is 5.75 Å². The Hall–Kier alpha value is -0.870. The average Bonchev–Trinajstić information content (AvgIpc) is 2.26. The Morgan fingerprint density at radius 3 is 2.28 bits per heavy atom. The van der Waals surface area contributed by atoms with Crippen molar-refractivity contribution in [3.05, 3.63) is 29.8 Å². The average molecular weight is 274 g/mol. The van der Waals surface area contributed by atoms with E-state index in [4.69, 9.17) is 14.7 Å². The third-order valence-electron chi connectivity index (χ3n) is 2.51. The van der Waals surface area contributed by atoms with Crippen molar-refractivity contribution in [2.45, 2.75) is 38.6 Å². The third kappa shape index (κ3) is 4.10. The maximum atomic E-state index is 11.5. The van der Waals surface area contributed by atoms with Gasteiger partial charge in [0, 0.05) is 6.92 Å². The van der Waals surface area contributed by atoms with Crippen LogP contribution in [0.2, 0.25) is 0 Å². The van der Waals surface area contributed by atoms with Crippen LogP contribution in [0.5, 0.6) is 5.75 Å². The van der Waals surface area contributed by atoms with Gasteiger partial charge in [-0.1, -0.05) is 25.5 Å². The quantitative estimate of drug-likeness (QED) is 0.547. The van der Waals surface area contributed by atoms with E-state index in [1.807, 2.05) is 0 Å². The fraction of sp³-hybridized carbons (Fsp3) is 0.500. The maximum Gasteiger partial charge on any atom is 0.435 e. The molecule has 18 heavy (non-hydrogen) atoms. The van der Waals surface area contributed by atoms with Crippen molar-refractivity contribution in [2.24, 2.45) is 0 Å². The van der Waals surface area contributed by atoms with Crippen LogP contribution in [0.4, 0.5) is 0 Å². The minimum absolute atomic E-state index is 0.135. The molecule has 1 atom stereocenters. The highest BCUT2D eigenvalue weighted by Gasteiger charge is 2.43. The van der Waals surface area contributed by atoms with Gasteiger partial charge in [0.05, 0.1) is 0 Å². The first-order valence-corrected chi connectivity index (χ1v) is 7.40. The summed E-state index contributed by atoms with van der Waals surface area (Å²) in [5, 5.41) is 18.2. The lowest BCUT2D eigenvalue weighted by Gasteiger charge is -2.22. The zero-order valence-electron chi connectivity index (χ0n) is 10.5. The zero-order chi connectivity index (χ0) is 13.8. The van der Waals surface area contributed by atoms with Crippen LogP contribution in [-0.2, 0) is 11.0 Å². The van der Waals surface area contributed by atoms with Gasteiger partial charge in [-0.25, -0.2) is 4.57 Å². The van der Waals surface area contributed by atoms with Gasteiger partial charge in [-0.05, 0) is 30.5 Å². The second-order valence-corrected chi connectivity index (χ2v) is 6.40. The first kappa shape index (κ1) is 15.2. The standard InChI is InChI=1S/C12H19O5P/c1-3-4-5-10-6-8-11(9-7-10)17-18(15,16)12(2,13)14/h6-9,13-14H,3-5H2,1-2H3,(H,15,16). The molecule has 1 aromatic carbocycles. The van der Waals surface area contributed by atoms with Crippen LogP contribution >= 0.6 is 7.60 Å². The lowest BCUT2D eigenvalue weighted by atomic mass is 10.1. The Morgan fingerprint density at radius 2 is 1.83 bits per heavy atom. The van der Waals surface area contributed by atoms with Crippen LogP contribution in [0, 0.1) is 0 Å². The topological polar surface area (TPSA) is 87.0 Å². The van der Waals surface area contributed by atoms with Crippen molar-refractivity contribution in [1.82, 2.24) is 0 Å². The van der Waals surface area contributed by atoms with Gasteiger partial charge in [0.1, 0.15) is 5.75 Å². The summed E-state index contributed by atoms with van der Waals surface area (Å²) < 4.78 is 16.2. The number of aryl methyl sites for hydroxylation is 1. The van der Waals surface area contributed by atoms with Gasteiger partial charge >= 0.3 is 7.60 Å². The normalized spacial score (nSPS) is 15.2. The first-order valence-electron chi connectivity index (χ1n) is 5.82. The molecule has 0 aliphatic rings. The molecule has 0 aliphatic heterocycles. The van der Waals surface area contributed by atoms with Crippen LogP contribution in [0.25, 0.3) is 0 Å². The molecule has 0 fully saturated rings. The van der Waals surface area contributed by atoms with Gasteiger partial charge < -0.3 is 19.6 Å². The van der Waals surface area contributed by atoms with Gasteiger partial charge in [0.2, 0.25) is 0 Å². The third-order valence-corrected chi connectivity index (χ3v) is 4.04. The van der Waals surface area contributed by atoms with E-state index < -0.39 is 13.1 Å². The SMILES string of the molecule is CCCCc1ccc(OP(=O)(O)C(C)(O)O)cc1. The summed E-state index contributed by atoms with van der Waals surface area (Å²) in [6, 6.07) is 6.66. The highest BCUT2D eigenvalue weighted by Crippen LogP contribution is 2.51. The molecule has 0 saturated heterocycles. The molecule has 0 heterocycles. The molecule has 102 valence electrons. The summed E-state index contributed by atoms with van der Waals surface area (Å²) in [7, 11) is -4.52. The second-order valence-electron chi connectivity index (χ2n) is 4.33. The molecule has 0 saturated carbocycles. The van der Waals surface area contributed by atoms with Crippen LogP contribution < -0.4 is 4.52 Å². The predicted octanol–water partition coefficient (Wildman–Crippen LogP) is 2.25. The molecule has 1 unspecified atom stereocenters. The summed E-state index contributed by atoms with van der Waals surface area (Å²) in [6.45, 7) is 2.91. The van der Waals surface area contributed by atoms with E-state index in [2.05, 4.69) is 6.92 Å². The molecular formula is C12H19O5P. The molecule has 1 aromatic rings. The Kier molecular flexibility index (Phi) is 4.93. The van der Waals surface area contributed by atoms with Gasteiger partial charge in [-0.3, -0.25) is 0 Å². The van der Waals surface area contributed by atoms with E-state index in [9.17, 15) is 9.46 Å². The predicted molar refractivity (Wildman–Crippen MR) is 68.3 cm³/mol. The van der Waals surface area contributed by atoms with Crippen LogP contribution in [0.3, 0.4) is 0 Å². The maximum absolute atomic E-state index is 11.5. The summed E-state index contributed by atoms with van der Waals surface area (Å²) in [6.07, 6.45) is 3.10. The number of hydrogen-bond acceptors (Lipinski definition) is 4. The van der Waals surface area contributed by atoms with E-state index in [1.54, 1.807) is 24.3 Å². The largest absolute Gasteiger partial charge is 0.435 e. The highest BCUT2D eigenvalue weighted by atomic mass is 31.2. The molecule has 6 heteroatoms. The van der Waals surface area contributed by atoms with Crippen molar-refractivity contribution in [1.29, 1.82) is 0 Å². The number of rotatable bonds is 6. The summed E-state index contributed by atoms with van der Waals surface area (Å²) in [4.78, 5) is 9.35. The van der Waals surface area contributed by atoms with Gasteiger partial charge in [0.15, 0.2) is 0 Å². The van der Waals surface area contributed by atoms with Crippen molar-refractivity contribution >= 4 is 7.60 Å². The van der Waals surface area contributed by atoms with E-state index in [1.165, 1.54) is 0 Å². The van der Waals surface area contributed by atoms with E-state index >= 15 is 0 Å². The van der Waals surface area contributed by atoms with Gasteiger partial charge in [-0.15, -0.1) is 0 Å². The van der Waals surface area contributed by atoms with Crippen molar-refractivity contribution in [3.63, 3.8) is 0 Å². The molecule has 0 bridgehead atoms. The highest BCUT2D eigenvalue weighted by molar-refractivity contribution is 7.54. The minimum Gasteiger partial charge on any atom is -0.421 e. The van der Waals surface area contributed by atoms with Crippen molar-refractivity contribution in [3.8, 4) is 5.75 Å². The fourth-order valence-electron chi connectivity index (χ4n) is 1.33. The Labute approximate surface area is 107 Å². The van der Waals surface area contributed by atoms with E-state index in [0.717, 1.165) is 31.7 Å². The molecule has 0 radical (unpaired) electrons. The second kappa shape index (κ2) is 5.85. The molecule has 5 nitrogen and oxygen atoms in total. The Bertz CT molecular complexity index is 421. The molecule has 1 rings (SSSR count). The van der Waals surface area contributed by atoms with Crippen molar-refractivity contribution < 1.29 is 24.2 Å². The molecule has 3 N–H and O–H groups in total. The van der Waals surface area contributed by atoms with Gasteiger partial charge in [-0.2, -0.15) is 0 Å². The first-order chi connectivity index (χ1) is 8.26. The number of aliphatic hydroxyl groups is 2. The summed E-state index contributed by atoms with van der Waals surface area (Å²) in [5.74, 6) is 0.135. The number of hydrogen-bond donors (Lipinski definition) is 3. The fourth-order valence-corrected chi connectivity index (χ4v) is 1.91. The molecule has 0 spiro atoms. The van der Waals surface area contributed by atoms with Crippen LogP contribution in [0.1, 0.15) is 32.3 Å². The zero-order valence-corrected chi connectivity index (χ0v) is 11.4. The Morgan fingerprint density at radius 1 is 1.28 bits per heavy atom. The molecule has 0 amide bonds.